The highest BCUT2D eigenvalue weighted by atomic mass is 35.5. The fourth-order valence-corrected chi connectivity index (χ4v) is 2.96. The van der Waals surface area contributed by atoms with Gasteiger partial charge in [0.15, 0.2) is 0 Å². The Balaban J connectivity index is 2.02. The van der Waals surface area contributed by atoms with Gasteiger partial charge >= 0.3 is 0 Å². The maximum Gasteiger partial charge on any atom is 0.137 e. The molecule has 1 aromatic heterocycles. The first-order chi connectivity index (χ1) is 7.74. The maximum atomic E-state index is 6.15. The molecule has 2 unspecified atom stereocenters. The molecule has 3 rings (SSSR count). The van der Waals surface area contributed by atoms with Crippen molar-refractivity contribution in [1.82, 2.24) is 0 Å². The van der Waals surface area contributed by atoms with E-state index >= 15 is 0 Å². The third kappa shape index (κ3) is 1.63. The summed E-state index contributed by atoms with van der Waals surface area (Å²) in [7, 11) is 0. The van der Waals surface area contributed by atoms with Crippen molar-refractivity contribution in [3.05, 3.63) is 35.6 Å². The standard InChI is InChI=1S/C14H15ClO/c1-9-3-2-4-11-8-13(16-14(9)11)10-5-6-12(15)7-10/h2-4,8,10,12H,5-7H2,1H3. The molecule has 1 heterocycles. The molecular formula is C14H15ClO. The van der Waals surface area contributed by atoms with Crippen LogP contribution in [0.25, 0.3) is 11.0 Å². The summed E-state index contributed by atoms with van der Waals surface area (Å²) in [5.74, 6) is 1.64. The first-order valence-corrected chi connectivity index (χ1v) is 6.31. The average Bonchev–Trinajstić information content (AvgIpc) is 2.84. The normalized spacial score (nSPS) is 25.4. The van der Waals surface area contributed by atoms with Gasteiger partial charge in [-0.15, -0.1) is 11.6 Å². The number of para-hydroxylation sites is 1. The highest BCUT2D eigenvalue weighted by molar-refractivity contribution is 6.20. The number of hydrogen-bond acceptors (Lipinski definition) is 1. The Morgan fingerprint density at radius 2 is 2.19 bits per heavy atom. The molecule has 2 aromatic rings. The minimum atomic E-state index is 0.333. The Hall–Kier alpha value is -0.950. The van der Waals surface area contributed by atoms with E-state index in [1.807, 2.05) is 0 Å². The van der Waals surface area contributed by atoms with E-state index in [4.69, 9.17) is 16.0 Å². The molecule has 0 saturated heterocycles. The average molecular weight is 235 g/mol. The Bertz CT molecular complexity index is 514. The zero-order valence-electron chi connectivity index (χ0n) is 9.37. The maximum absolute atomic E-state index is 6.15. The summed E-state index contributed by atoms with van der Waals surface area (Å²) in [6.07, 6.45) is 3.33. The molecule has 84 valence electrons. The molecule has 16 heavy (non-hydrogen) atoms. The van der Waals surface area contributed by atoms with Crippen molar-refractivity contribution in [3.63, 3.8) is 0 Å². The van der Waals surface area contributed by atoms with Gasteiger partial charge in [0, 0.05) is 16.7 Å². The summed E-state index contributed by atoms with van der Waals surface area (Å²) >= 11 is 6.15. The number of rotatable bonds is 1. The predicted molar refractivity (Wildman–Crippen MR) is 67.2 cm³/mol. The quantitative estimate of drug-likeness (QED) is 0.657. The first-order valence-electron chi connectivity index (χ1n) is 5.87. The van der Waals surface area contributed by atoms with E-state index in [0.717, 1.165) is 30.6 Å². The van der Waals surface area contributed by atoms with Crippen LogP contribution in [-0.2, 0) is 0 Å². The third-order valence-corrected chi connectivity index (χ3v) is 3.93. The van der Waals surface area contributed by atoms with Gasteiger partial charge in [0.05, 0.1) is 0 Å². The Morgan fingerprint density at radius 1 is 1.31 bits per heavy atom. The number of aryl methyl sites for hydroxylation is 1. The minimum Gasteiger partial charge on any atom is -0.461 e. The molecule has 1 aliphatic rings. The predicted octanol–water partition coefficient (Wildman–Crippen LogP) is 4.62. The molecule has 1 aliphatic carbocycles. The lowest BCUT2D eigenvalue weighted by Crippen LogP contribution is -1.91. The molecule has 0 bridgehead atoms. The van der Waals surface area contributed by atoms with Crippen molar-refractivity contribution in [2.75, 3.05) is 0 Å². The molecule has 1 nitrogen and oxygen atoms in total. The summed E-state index contributed by atoms with van der Waals surface area (Å²) < 4.78 is 5.97. The van der Waals surface area contributed by atoms with Gasteiger partial charge in [-0.05, 0) is 37.8 Å². The van der Waals surface area contributed by atoms with Crippen molar-refractivity contribution in [2.24, 2.45) is 0 Å². The second-order valence-electron chi connectivity index (χ2n) is 4.75. The molecule has 0 N–H and O–H groups in total. The van der Waals surface area contributed by atoms with E-state index in [1.165, 1.54) is 10.9 Å². The van der Waals surface area contributed by atoms with Crippen molar-refractivity contribution >= 4 is 22.6 Å². The molecule has 1 aromatic carbocycles. The third-order valence-electron chi connectivity index (χ3n) is 3.53. The van der Waals surface area contributed by atoms with Crippen LogP contribution in [0, 0.1) is 6.92 Å². The summed E-state index contributed by atoms with van der Waals surface area (Å²) in [5, 5.41) is 1.55. The van der Waals surface area contributed by atoms with Crippen LogP contribution in [0.1, 0.15) is 36.5 Å². The van der Waals surface area contributed by atoms with Crippen LogP contribution in [0.5, 0.6) is 0 Å². The monoisotopic (exact) mass is 234 g/mol. The molecule has 0 spiro atoms. The molecule has 2 atom stereocenters. The molecule has 2 heteroatoms. The van der Waals surface area contributed by atoms with Gasteiger partial charge < -0.3 is 4.42 Å². The lowest BCUT2D eigenvalue weighted by Gasteiger charge is -2.03. The number of hydrogen-bond donors (Lipinski definition) is 0. The number of alkyl halides is 1. The zero-order chi connectivity index (χ0) is 11.1. The fraction of sp³-hybridized carbons (Fsp3) is 0.429. The highest BCUT2D eigenvalue weighted by Gasteiger charge is 2.26. The van der Waals surface area contributed by atoms with Crippen LogP contribution in [0.4, 0.5) is 0 Å². The van der Waals surface area contributed by atoms with Crippen LogP contribution in [0.3, 0.4) is 0 Å². The van der Waals surface area contributed by atoms with Gasteiger partial charge in [-0.2, -0.15) is 0 Å². The fourth-order valence-electron chi connectivity index (χ4n) is 2.61. The van der Waals surface area contributed by atoms with Crippen molar-refractivity contribution in [1.29, 1.82) is 0 Å². The molecule has 0 amide bonds. The van der Waals surface area contributed by atoms with Gasteiger partial charge in [-0.1, -0.05) is 18.2 Å². The number of furan rings is 1. The van der Waals surface area contributed by atoms with Crippen LogP contribution >= 0.6 is 11.6 Å². The van der Waals surface area contributed by atoms with Crippen LogP contribution in [0.15, 0.2) is 28.7 Å². The van der Waals surface area contributed by atoms with Gasteiger partial charge in [0.1, 0.15) is 11.3 Å². The topological polar surface area (TPSA) is 13.1 Å². The highest BCUT2D eigenvalue weighted by Crippen LogP contribution is 2.39. The van der Waals surface area contributed by atoms with Gasteiger partial charge in [0.2, 0.25) is 0 Å². The van der Waals surface area contributed by atoms with Crippen molar-refractivity contribution in [3.8, 4) is 0 Å². The Kier molecular flexibility index (Phi) is 2.44. The van der Waals surface area contributed by atoms with Gasteiger partial charge in [-0.25, -0.2) is 0 Å². The second kappa shape index (κ2) is 3.81. The lowest BCUT2D eigenvalue weighted by molar-refractivity contribution is 0.493. The summed E-state index contributed by atoms with van der Waals surface area (Å²) in [6.45, 7) is 2.09. The van der Waals surface area contributed by atoms with E-state index in [1.54, 1.807) is 0 Å². The van der Waals surface area contributed by atoms with E-state index in [2.05, 4.69) is 31.2 Å². The molecule has 0 radical (unpaired) electrons. The summed E-state index contributed by atoms with van der Waals surface area (Å²) in [5.41, 5.74) is 2.25. The number of halogens is 1. The summed E-state index contributed by atoms with van der Waals surface area (Å²) in [4.78, 5) is 0. The van der Waals surface area contributed by atoms with Crippen LogP contribution in [0.2, 0.25) is 0 Å². The number of fused-ring (bicyclic) bond motifs is 1. The largest absolute Gasteiger partial charge is 0.461 e. The number of benzene rings is 1. The smallest absolute Gasteiger partial charge is 0.137 e. The van der Waals surface area contributed by atoms with Gasteiger partial charge in [0.25, 0.3) is 0 Å². The molecule has 1 saturated carbocycles. The zero-order valence-corrected chi connectivity index (χ0v) is 10.1. The van der Waals surface area contributed by atoms with Crippen molar-refractivity contribution in [2.45, 2.75) is 37.5 Å². The first kappa shape index (κ1) is 10.2. The lowest BCUT2D eigenvalue weighted by atomic mass is 10.1. The van der Waals surface area contributed by atoms with E-state index < -0.39 is 0 Å². The SMILES string of the molecule is Cc1cccc2cc(C3CCC(Cl)C3)oc12. The van der Waals surface area contributed by atoms with Crippen LogP contribution in [-0.4, -0.2) is 5.38 Å². The minimum absolute atomic E-state index is 0.333. The molecule has 0 aliphatic heterocycles. The van der Waals surface area contributed by atoms with E-state index in [9.17, 15) is 0 Å². The van der Waals surface area contributed by atoms with Crippen LogP contribution < -0.4 is 0 Å². The van der Waals surface area contributed by atoms with E-state index in [-0.39, 0.29) is 0 Å². The van der Waals surface area contributed by atoms with Gasteiger partial charge in [-0.3, -0.25) is 0 Å². The molecule has 1 fully saturated rings. The Morgan fingerprint density at radius 3 is 2.88 bits per heavy atom. The summed E-state index contributed by atoms with van der Waals surface area (Å²) in [6, 6.07) is 8.47. The second-order valence-corrected chi connectivity index (χ2v) is 5.37. The van der Waals surface area contributed by atoms with Crippen molar-refractivity contribution < 1.29 is 4.42 Å². The van der Waals surface area contributed by atoms with E-state index in [0.29, 0.717) is 11.3 Å². The molecular weight excluding hydrogens is 220 g/mol. The Labute approximate surface area is 100 Å².